The molecular weight excluding hydrogens is 423 g/mol. The maximum atomic E-state index is 14.4. The second-order valence-electron chi connectivity index (χ2n) is 6.91. The van der Waals surface area contributed by atoms with Crippen LogP contribution in [0.4, 0.5) is 4.39 Å². The van der Waals surface area contributed by atoms with Crippen molar-refractivity contribution in [2.45, 2.75) is 19.4 Å². The van der Waals surface area contributed by atoms with Crippen LogP contribution in [0.15, 0.2) is 54.6 Å². The minimum absolute atomic E-state index is 0.0160. The maximum absolute atomic E-state index is 14.4. The first-order valence-corrected chi connectivity index (χ1v) is 9.76. The number of aromatic nitrogens is 1. The average Bonchev–Trinajstić information content (AvgIpc) is 2.74. The molecule has 0 aliphatic rings. The number of ether oxygens (including phenoxy) is 1. The molecule has 0 saturated carbocycles. The van der Waals surface area contributed by atoms with Gasteiger partial charge in [0, 0.05) is 10.6 Å². The van der Waals surface area contributed by atoms with Crippen LogP contribution in [0, 0.1) is 12.7 Å². The smallest absolute Gasteiger partial charge is 0.305 e. The molecule has 0 radical (unpaired) electrons. The van der Waals surface area contributed by atoms with Crippen LogP contribution in [0.2, 0.25) is 5.02 Å². The van der Waals surface area contributed by atoms with Gasteiger partial charge in [-0.25, -0.2) is 9.37 Å². The normalized spacial score (nSPS) is 11.6. The molecule has 0 saturated heterocycles. The molecule has 0 unspecified atom stereocenters. The van der Waals surface area contributed by atoms with E-state index in [-0.39, 0.29) is 29.1 Å². The summed E-state index contributed by atoms with van der Waals surface area (Å²) in [7, 11) is 1.41. The fraction of sp³-hybridized carbons (Fsp3) is 0.174. The molecular formula is C23H20ClFN2O4. The van der Waals surface area contributed by atoms with E-state index in [0.29, 0.717) is 10.6 Å². The molecule has 160 valence electrons. The van der Waals surface area contributed by atoms with Crippen LogP contribution in [-0.4, -0.2) is 29.1 Å². The summed E-state index contributed by atoms with van der Waals surface area (Å²) >= 11 is 5.99. The van der Waals surface area contributed by atoms with Crippen molar-refractivity contribution in [3.8, 4) is 17.0 Å². The zero-order valence-electron chi connectivity index (χ0n) is 16.9. The third-order valence-electron chi connectivity index (χ3n) is 4.66. The Morgan fingerprint density at radius 3 is 2.52 bits per heavy atom. The van der Waals surface area contributed by atoms with Crippen LogP contribution >= 0.6 is 11.6 Å². The summed E-state index contributed by atoms with van der Waals surface area (Å²) < 4.78 is 19.7. The summed E-state index contributed by atoms with van der Waals surface area (Å²) in [5.74, 6) is -1.97. The second kappa shape index (κ2) is 9.57. The number of carboxylic acids is 1. The van der Waals surface area contributed by atoms with E-state index in [2.05, 4.69) is 10.3 Å². The molecule has 1 heterocycles. The minimum atomic E-state index is -1.06. The first-order chi connectivity index (χ1) is 14.8. The third kappa shape index (κ3) is 5.38. The lowest BCUT2D eigenvalue weighted by atomic mass is 10.0. The number of amides is 1. The highest BCUT2D eigenvalue weighted by Gasteiger charge is 2.22. The molecule has 0 fully saturated rings. The van der Waals surface area contributed by atoms with Gasteiger partial charge in [0.05, 0.1) is 19.6 Å². The molecule has 1 amide bonds. The van der Waals surface area contributed by atoms with Crippen LogP contribution in [0.25, 0.3) is 11.3 Å². The lowest BCUT2D eigenvalue weighted by Crippen LogP contribution is -2.31. The molecule has 1 atom stereocenters. The molecule has 0 spiro atoms. The zero-order chi connectivity index (χ0) is 22.5. The molecule has 0 aliphatic carbocycles. The molecule has 3 aromatic rings. The lowest BCUT2D eigenvalue weighted by Gasteiger charge is -2.18. The fourth-order valence-corrected chi connectivity index (χ4v) is 3.24. The van der Waals surface area contributed by atoms with E-state index in [1.807, 2.05) is 19.1 Å². The number of carbonyl (C=O) groups is 2. The molecule has 0 bridgehead atoms. The van der Waals surface area contributed by atoms with Crippen LogP contribution in [-0.2, 0) is 4.79 Å². The van der Waals surface area contributed by atoms with Gasteiger partial charge in [-0.1, -0.05) is 41.4 Å². The molecule has 8 heteroatoms. The Hall–Kier alpha value is -3.45. The quantitative estimate of drug-likeness (QED) is 0.548. The Kier molecular flexibility index (Phi) is 6.87. The van der Waals surface area contributed by atoms with Gasteiger partial charge in [0.15, 0.2) is 0 Å². The number of aliphatic carboxylic acids is 1. The molecule has 6 nitrogen and oxygen atoms in total. The van der Waals surface area contributed by atoms with Gasteiger partial charge in [-0.2, -0.15) is 0 Å². The number of rotatable bonds is 7. The summed E-state index contributed by atoms with van der Waals surface area (Å²) in [6.45, 7) is 1.91. The summed E-state index contributed by atoms with van der Waals surface area (Å²) in [4.78, 5) is 28.5. The summed E-state index contributed by atoms with van der Waals surface area (Å²) in [6.07, 6.45) is -0.305. The number of hydrogen-bond acceptors (Lipinski definition) is 4. The predicted octanol–water partition coefficient (Wildman–Crippen LogP) is 4.80. The Labute approximate surface area is 183 Å². The van der Waals surface area contributed by atoms with E-state index in [1.165, 1.54) is 37.4 Å². The largest absolute Gasteiger partial charge is 0.494 e. The van der Waals surface area contributed by atoms with Gasteiger partial charge in [-0.15, -0.1) is 0 Å². The second-order valence-corrected chi connectivity index (χ2v) is 7.34. The highest BCUT2D eigenvalue weighted by Crippen LogP contribution is 2.32. The third-order valence-corrected chi connectivity index (χ3v) is 4.89. The van der Waals surface area contributed by atoms with Gasteiger partial charge in [0.25, 0.3) is 5.91 Å². The van der Waals surface area contributed by atoms with Crippen molar-refractivity contribution in [2.75, 3.05) is 7.11 Å². The van der Waals surface area contributed by atoms with Crippen molar-refractivity contribution < 1.29 is 23.8 Å². The van der Waals surface area contributed by atoms with Gasteiger partial charge in [-0.3, -0.25) is 9.59 Å². The van der Waals surface area contributed by atoms with Gasteiger partial charge < -0.3 is 15.2 Å². The standard InChI is InChI=1S/C23H20ClFN2O4/c1-13-3-5-14(6-4-13)19(12-21(28)29)27-23(30)18-9-10-20(31-2)22(26-18)16-11-15(24)7-8-17(16)25/h3-11,19H,12H2,1-2H3,(H,27,30)(H,28,29)/t19-/m0/s1. The van der Waals surface area contributed by atoms with E-state index in [4.69, 9.17) is 16.3 Å². The molecule has 2 N–H and O–H groups in total. The number of pyridine rings is 1. The Morgan fingerprint density at radius 1 is 1.16 bits per heavy atom. The van der Waals surface area contributed by atoms with Gasteiger partial charge in [0.1, 0.15) is 23.0 Å². The van der Waals surface area contributed by atoms with Gasteiger partial charge in [-0.05, 0) is 42.8 Å². The number of benzene rings is 2. The summed E-state index contributed by atoms with van der Waals surface area (Å²) in [5.41, 5.74) is 1.84. The van der Waals surface area contributed by atoms with Crippen molar-refractivity contribution in [1.29, 1.82) is 0 Å². The minimum Gasteiger partial charge on any atom is -0.494 e. The van der Waals surface area contributed by atoms with E-state index in [1.54, 1.807) is 12.1 Å². The molecule has 2 aromatic carbocycles. The number of nitrogens with zero attached hydrogens (tertiary/aromatic N) is 1. The lowest BCUT2D eigenvalue weighted by molar-refractivity contribution is -0.137. The van der Waals surface area contributed by atoms with Crippen LogP contribution < -0.4 is 10.1 Å². The highest BCUT2D eigenvalue weighted by molar-refractivity contribution is 6.30. The number of carbonyl (C=O) groups excluding carboxylic acids is 1. The van der Waals surface area contributed by atoms with Gasteiger partial charge >= 0.3 is 5.97 Å². The van der Waals surface area contributed by atoms with Crippen LogP contribution in [0.1, 0.15) is 34.1 Å². The van der Waals surface area contributed by atoms with Crippen molar-refractivity contribution in [3.05, 3.63) is 82.3 Å². The van der Waals surface area contributed by atoms with Crippen molar-refractivity contribution >= 4 is 23.5 Å². The van der Waals surface area contributed by atoms with E-state index < -0.39 is 23.7 Å². The maximum Gasteiger partial charge on any atom is 0.305 e. The van der Waals surface area contributed by atoms with Crippen LogP contribution in [0.5, 0.6) is 5.75 Å². The SMILES string of the molecule is COc1ccc(C(=O)N[C@@H](CC(=O)O)c2ccc(C)cc2)nc1-c1cc(Cl)ccc1F. The Balaban J connectivity index is 1.95. The number of nitrogens with one attached hydrogen (secondary N) is 1. The molecule has 0 aliphatic heterocycles. The van der Waals surface area contributed by atoms with Crippen molar-refractivity contribution in [2.24, 2.45) is 0 Å². The van der Waals surface area contributed by atoms with E-state index in [0.717, 1.165) is 5.56 Å². The highest BCUT2D eigenvalue weighted by atomic mass is 35.5. The molecule has 31 heavy (non-hydrogen) atoms. The van der Waals surface area contributed by atoms with E-state index in [9.17, 15) is 19.1 Å². The zero-order valence-corrected chi connectivity index (χ0v) is 17.6. The molecule has 3 rings (SSSR count). The number of hydrogen-bond donors (Lipinski definition) is 2. The number of aryl methyl sites for hydroxylation is 1. The van der Waals surface area contributed by atoms with Crippen LogP contribution in [0.3, 0.4) is 0 Å². The van der Waals surface area contributed by atoms with Crippen molar-refractivity contribution in [1.82, 2.24) is 10.3 Å². The number of carboxylic acid groups (broad SMARTS) is 1. The monoisotopic (exact) mass is 442 g/mol. The Morgan fingerprint density at radius 2 is 1.87 bits per heavy atom. The van der Waals surface area contributed by atoms with E-state index >= 15 is 0 Å². The van der Waals surface area contributed by atoms with Crippen molar-refractivity contribution in [3.63, 3.8) is 0 Å². The summed E-state index contributed by atoms with van der Waals surface area (Å²) in [6, 6.07) is 13.3. The molecule has 1 aromatic heterocycles. The predicted molar refractivity (Wildman–Crippen MR) is 115 cm³/mol. The van der Waals surface area contributed by atoms with Gasteiger partial charge in [0.2, 0.25) is 0 Å². The first-order valence-electron chi connectivity index (χ1n) is 9.38. The summed E-state index contributed by atoms with van der Waals surface area (Å²) in [5, 5.41) is 12.3. The Bertz CT molecular complexity index is 1120. The first kappa shape index (κ1) is 22.2. The average molecular weight is 443 g/mol. The number of halogens is 2. The fourth-order valence-electron chi connectivity index (χ4n) is 3.07. The topological polar surface area (TPSA) is 88.5 Å². The number of methoxy groups -OCH3 is 1.